The van der Waals surface area contributed by atoms with Crippen molar-refractivity contribution in [1.29, 1.82) is 0 Å². The Balaban J connectivity index is 1.48. The number of nitrogens with zero attached hydrogens (tertiary/aromatic N) is 1. The van der Waals surface area contributed by atoms with Crippen LogP contribution in [-0.2, 0) is 27.4 Å². The second-order valence-electron chi connectivity index (χ2n) is 10.6. The Kier molecular flexibility index (Phi) is 11.1. The Hall–Kier alpha value is -3.73. The molecule has 3 aromatic carbocycles. The average Bonchev–Trinajstić information content (AvgIpc) is 3.00. The van der Waals surface area contributed by atoms with Gasteiger partial charge in [-0.15, -0.1) is 0 Å². The van der Waals surface area contributed by atoms with Crippen molar-refractivity contribution in [2.75, 3.05) is 26.7 Å². The van der Waals surface area contributed by atoms with Gasteiger partial charge in [-0.3, -0.25) is 0 Å². The van der Waals surface area contributed by atoms with E-state index in [4.69, 9.17) is 14.2 Å². The molecule has 4 rings (SSSR count). The summed E-state index contributed by atoms with van der Waals surface area (Å²) < 4.78 is 18.0. The van der Waals surface area contributed by atoms with Crippen LogP contribution in [0, 0.1) is 5.92 Å². The molecule has 1 aliphatic heterocycles. The largest absolute Gasteiger partial charge is 0.508 e. The third-order valence-corrected chi connectivity index (χ3v) is 7.38. The number of hydrogen-bond acceptors (Lipinski definition) is 8. The van der Waals surface area contributed by atoms with Gasteiger partial charge in [0.1, 0.15) is 12.4 Å². The maximum absolute atomic E-state index is 11.8. The lowest BCUT2D eigenvalue weighted by molar-refractivity contribution is -0.276. The third kappa shape index (κ3) is 8.40. The van der Waals surface area contributed by atoms with E-state index in [1.807, 2.05) is 60.5 Å². The molecule has 0 bridgehead atoms. The highest BCUT2D eigenvalue weighted by molar-refractivity contribution is 5.67. The molecule has 0 aliphatic carbocycles. The number of alkyl carbamates (subject to hydrolysis) is 1. The molecule has 1 heterocycles. The van der Waals surface area contributed by atoms with Gasteiger partial charge in [0.25, 0.3) is 0 Å². The highest BCUT2D eigenvalue weighted by atomic mass is 16.7. The zero-order chi connectivity index (χ0) is 30.1. The number of likely N-dealkylation sites (N-methyl/N-ethyl adjacent to an activating group) is 1. The Bertz CT molecular complexity index is 1300. The van der Waals surface area contributed by atoms with Gasteiger partial charge in [-0.2, -0.15) is 0 Å². The van der Waals surface area contributed by atoms with Gasteiger partial charge in [0, 0.05) is 31.1 Å². The number of amides is 1. The van der Waals surface area contributed by atoms with Crippen LogP contribution in [0.1, 0.15) is 53.2 Å². The summed E-state index contributed by atoms with van der Waals surface area (Å²) >= 11 is 0. The lowest BCUT2D eigenvalue weighted by Crippen LogP contribution is -2.44. The van der Waals surface area contributed by atoms with Gasteiger partial charge in [0.2, 0.25) is 0 Å². The van der Waals surface area contributed by atoms with Gasteiger partial charge >= 0.3 is 6.09 Å². The minimum absolute atomic E-state index is 0.0216. The summed E-state index contributed by atoms with van der Waals surface area (Å²) in [7, 11) is 1.93. The van der Waals surface area contributed by atoms with Crippen molar-refractivity contribution < 1.29 is 34.3 Å². The zero-order valence-electron chi connectivity index (χ0n) is 24.1. The first kappa shape index (κ1) is 31.2. The quantitative estimate of drug-likeness (QED) is 0.228. The molecule has 4 N–H and O–H groups in total. The van der Waals surface area contributed by atoms with Crippen molar-refractivity contribution in [3.8, 4) is 5.75 Å². The van der Waals surface area contributed by atoms with Crippen LogP contribution >= 0.6 is 0 Å². The average molecular weight is 577 g/mol. The highest BCUT2D eigenvalue weighted by Crippen LogP contribution is 2.42. The third-order valence-electron chi connectivity index (χ3n) is 7.38. The van der Waals surface area contributed by atoms with Crippen molar-refractivity contribution in [3.05, 3.63) is 113 Å². The van der Waals surface area contributed by atoms with Gasteiger partial charge < -0.3 is 39.7 Å². The van der Waals surface area contributed by atoms with E-state index in [9.17, 15) is 20.1 Å². The summed E-state index contributed by atoms with van der Waals surface area (Å²) in [6.45, 7) is 6.94. The fourth-order valence-corrected chi connectivity index (χ4v) is 5.00. The Morgan fingerprint density at radius 3 is 2.43 bits per heavy atom. The van der Waals surface area contributed by atoms with E-state index < -0.39 is 18.5 Å². The van der Waals surface area contributed by atoms with Gasteiger partial charge in [0.05, 0.1) is 24.9 Å². The molecule has 0 unspecified atom stereocenters. The van der Waals surface area contributed by atoms with Gasteiger partial charge in [0.15, 0.2) is 6.29 Å². The van der Waals surface area contributed by atoms with Crippen LogP contribution in [-0.4, -0.2) is 59.2 Å². The maximum Gasteiger partial charge on any atom is 0.407 e. The van der Waals surface area contributed by atoms with Crippen LogP contribution in [0.4, 0.5) is 4.79 Å². The van der Waals surface area contributed by atoms with E-state index in [1.165, 1.54) is 6.08 Å². The molecule has 0 aromatic heterocycles. The van der Waals surface area contributed by atoms with Crippen LogP contribution < -0.4 is 5.32 Å². The monoisotopic (exact) mass is 576 g/mol. The molecule has 3 aromatic rings. The first-order valence-electron chi connectivity index (χ1n) is 14.0. The number of carbonyl (C=O) groups excluding carboxylic acids is 1. The molecule has 1 amide bonds. The summed E-state index contributed by atoms with van der Waals surface area (Å²) in [6.07, 6.45) is -0.915. The number of aliphatic hydroxyl groups excluding tert-OH is 2. The normalized spacial score (nSPS) is 21.1. The lowest BCUT2D eigenvalue weighted by atomic mass is 9.90. The second kappa shape index (κ2) is 14.9. The van der Waals surface area contributed by atoms with Crippen molar-refractivity contribution >= 4 is 6.09 Å². The molecule has 1 fully saturated rings. The Morgan fingerprint density at radius 2 is 1.76 bits per heavy atom. The maximum atomic E-state index is 11.8. The van der Waals surface area contributed by atoms with E-state index >= 15 is 0 Å². The number of aliphatic hydroxyl groups is 2. The topological polar surface area (TPSA) is 121 Å². The van der Waals surface area contributed by atoms with Crippen molar-refractivity contribution in [3.63, 3.8) is 0 Å². The molecule has 9 heteroatoms. The summed E-state index contributed by atoms with van der Waals surface area (Å²) in [5.41, 5.74) is 4.19. The smallest absolute Gasteiger partial charge is 0.407 e. The number of phenolic OH excluding ortho intramolecular Hbond substituents is 1. The van der Waals surface area contributed by atoms with E-state index in [-0.39, 0.29) is 37.1 Å². The number of hydrogen-bond donors (Lipinski definition) is 4. The number of aromatic hydroxyl groups is 1. The summed E-state index contributed by atoms with van der Waals surface area (Å²) in [5, 5.41) is 32.8. The molecule has 224 valence electrons. The molecule has 9 nitrogen and oxygen atoms in total. The zero-order valence-corrected chi connectivity index (χ0v) is 24.1. The number of carbonyl (C=O) groups is 1. The Labute approximate surface area is 247 Å². The molecule has 0 saturated carbocycles. The van der Waals surface area contributed by atoms with Crippen molar-refractivity contribution in [1.82, 2.24) is 10.2 Å². The molecule has 42 heavy (non-hydrogen) atoms. The SMILES string of the molecule is C=CCOC(=O)NCc1ccc([C@@H]2O[C@H](CN(C)C[C@@H](O)c3cccc(O)c3)[C@H](C)[C@H](c3ccc(CO)cc3)O2)cc1. The van der Waals surface area contributed by atoms with E-state index in [1.54, 1.807) is 24.3 Å². The molecule has 1 aliphatic rings. The number of nitrogens with one attached hydrogen (secondary N) is 1. The molecule has 0 radical (unpaired) electrons. The summed E-state index contributed by atoms with van der Waals surface area (Å²) in [4.78, 5) is 13.8. The standard InChI is InChI=1S/C33H40N2O7/c1-4-16-40-33(39)34-18-23-8-14-26(15-9-23)32-41-30(20-35(3)19-29(38)27-6-5-7-28(37)17-27)22(2)31(42-32)25-12-10-24(21-36)11-13-25/h4-15,17,22,29-32,36-38H,1,16,18-21H2,2-3H3,(H,34,39)/t22-,29+,30+,31+,32+/m0/s1. The highest BCUT2D eigenvalue weighted by Gasteiger charge is 2.39. The summed E-state index contributed by atoms with van der Waals surface area (Å²) in [5.74, 6) is 0.0922. The molecular weight excluding hydrogens is 536 g/mol. The van der Waals surface area contributed by atoms with E-state index in [0.717, 1.165) is 22.3 Å². The van der Waals surface area contributed by atoms with Crippen molar-refractivity contribution in [2.45, 2.75) is 44.7 Å². The van der Waals surface area contributed by atoms with Crippen LogP contribution in [0.25, 0.3) is 0 Å². The predicted molar refractivity (Wildman–Crippen MR) is 158 cm³/mol. The van der Waals surface area contributed by atoms with Gasteiger partial charge in [-0.25, -0.2) is 4.79 Å². The first-order chi connectivity index (χ1) is 20.3. The Morgan fingerprint density at radius 1 is 1.07 bits per heavy atom. The minimum Gasteiger partial charge on any atom is -0.508 e. The molecule has 5 atom stereocenters. The fourth-order valence-electron chi connectivity index (χ4n) is 5.00. The van der Waals surface area contributed by atoms with Gasteiger partial charge in [-0.05, 0) is 41.4 Å². The predicted octanol–water partition coefficient (Wildman–Crippen LogP) is 4.75. The van der Waals surface area contributed by atoms with Crippen LogP contribution in [0.3, 0.4) is 0 Å². The van der Waals surface area contributed by atoms with Crippen LogP contribution in [0.15, 0.2) is 85.5 Å². The minimum atomic E-state index is -0.773. The second-order valence-corrected chi connectivity index (χ2v) is 10.6. The molecular formula is C33H40N2O7. The van der Waals surface area contributed by atoms with E-state index in [0.29, 0.717) is 25.2 Å². The fraction of sp³-hybridized carbons (Fsp3) is 0.364. The first-order valence-corrected chi connectivity index (χ1v) is 14.0. The van der Waals surface area contributed by atoms with Crippen LogP contribution in [0.5, 0.6) is 5.75 Å². The van der Waals surface area contributed by atoms with E-state index in [2.05, 4.69) is 18.8 Å². The van der Waals surface area contributed by atoms with Gasteiger partial charge in [-0.1, -0.05) is 80.2 Å². The number of ether oxygens (including phenoxy) is 3. The molecule has 0 spiro atoms. The van der Waals surface area contributed by atoms with Crippen molar-refractivity contribution in [2.24, 2.45) is 5.92 Å². The number of phenols is 1. The number of rotatable bonds is 12. The molecule has 1 saturated heterocycles. The van der Waals surface area contributed by atoms with Crippen LogP contribution in [0.2, 0.25) is 0 Å². The lowest BCUT2D eigenvalue weighted by Gasteiger charge is -2.42. The summed E-state index contributed by atoms with van der Waals surface area (Å²) in [6, 6.07) is 22.0. The number of benzene rings is 3.